The van der Waals surface area contributed by atoms with Gasteiger partial charge in [0.15, 0.2) is 0 Å². The van der Waals surface area contributed by atoms with Crippen LogP contribution in [0.5, 0.6) is 0 Å². The van der Waals surface area contributed by atoms with Crippen LogP contribution in [0, 0.1) is 0 Å². The van der Waals surface area contributed by atoms with Crippen LogP contribution in [0.25, 0.3) is 10.9 Å². The van der Waals surface area contributed by atoms with E-state index in [0.29, 0.717) is 6.42 Å². The van der Waals surface area contributed by atoms with Crippen LogP contribution in [0.4, 0.5) is 5.69 Å². The molecule has 0 radical (unpaired) electrons. The van der Waals surface area contributed by atoms with Crippen molar-refractivity contribution in [3.63, 3.8) is 0 Å². The molecule has 2 aliphatic rings. The van der Waals surface area contributed by atoms with Crippen molar-refractivity contribution < 1.29 is 14.3 Å². The summed E-state index contributed by atoms with van der Waals surface area (Å²) in [5.41, 5.74) is 2.06. The molecule has 2 saturated heterocycles. The monoisotopic (exact) mass is 357 g/mol. The predicted octanol–water partition coefficient (Wildman–Crippen LogP) is 2.48. The van der Waals surface area contributed by atoms with Gasteiger partial charge in [0.25, 0.3) is 0 Å². The number of hydrogen-bond donors (Lipinski definition) is 1. The molecule has 0 aliphatic carbocycles. The fourth-order valence-corrected chi connectivity index (χ4v) is 3.77. The quantitative estimate of drug-likeness (QED) is 0.863. The lowest BCUT2D eigenvalue weighted by Gasteiger charge is -2.26. The highest BCUT2D eigenvalue weighted by Crippen LogP contribution is 2.22. The minimum Gasteiger partial charge on any atom is -0.379 e. The van der Waals surface area contributed by atoms with Gasteiger partial charge in [-0.15, -0.1) is 0 Å². The third-order valence-corrected chi connectivity index (χ3v) is 5.25. The third kappa shape index (κ3) is 4.26. The van der Waals surface area contributed by atoms with Gasteiger partial charge in [-0.25, -0.2) is 0 Å². The van der Waals surface area contributed by atoms with Crippen molar-refractivity contribution in [1.82, 2.24) is 9.47 Å². The summed E-state index contributed by atoms with van der Waals surface area (Å²) < 4.78 is 13.2. The van der Waals surface area contributed by atoms with Gasteiger partial charge in [-0.1, -0.05) is 0 Å². The number of rotatable bonds is 6. The number of fused-ring (bicyclic) bond motifs is 1. The van der Waals surface area contributed by atoms with Crippen molar-refractivity contribution in [2.45, 2.75) is 31.9 Å². The van der Waals surface area contributed by atoms with Gasteiger partial charge in [0.1, 0.15) is 0 Å². The van der Waals surface area contributed by atoms with E-state index in [9.17, 15) is 4.79 Å². The Morgan fingerprint density at radius 3 is 2.85 bits per heavy atom. The van der Waals surface area contributed by atoms with Crippen molar-refractivity contribution in [3.05, 3.63) is 30.5 Å². The fourth-order valence-electron chi connectivity index (χ4n) is 3.77. The number of hydrogen-bond acceptors (Lipinski definition) is 4. The average Bonchev–Trinajstić information content (AvgIpc) is 3.30. The molecule has 6 nitrogen and oxygen atoms in total. The maximum absolute atomic E-state index is 12.2. The summed E-state index contributed by atoms with van der Waals surface area (Å²) in [5.74, 6) is 0.0306. The largest absolute Gasteiger partial charge is 0.379 e. The van der Waals surface area contributed by atoms with E-state index >= 15 is 0 Å². The van der Waals surface area contributed by atoms with Gasteiger partial charge in [0.2, 0.25) is 5.91 Å². The number of morpholine rings is 1. The summed E-state index contributed by atoms with van der Waals surface area (Å²) in [7, 11) is 0. The molecule has 1 atom stereocenters. The van der Waals surface area contributed by atoms with Crippen molar-refractivity contribution in [1.29, 1.82) is 0 Å². The van der Waals surface area contributed by atoms with Gasteiger partial charge in [-0.3, -0.25) is 9.69 Å². The Balaban J connectivity index is 1.36. The van der Waals surface area contributed by atoms with Crippen molar-refractivity contribution >= 4 is 22.5 Å². The molecule has 1 aromatic heterocycles. The minimum atomic E-state index is 0.0306. The van der Waals surface area contributed by atoms with Gasteiger partial charge in [-0.05, 0) is 37.1 Å². The number of nitrogens with one attached hydrogen (secondary N) is 1. The van der Waals surface area contributed by atoms with Gasteiger partial charge < -0.3 is 19.4 Å². The highest BCUT2D eigenvalue weighted by Gasteiger charge is 2.19. The zero-order valence-corrected chi connectivity index (χ0v) is 15.2. The summed E-state index contributed by atoms with van der Waals surface area (Å²) in [6.45, 7) is 6.48. The second kappa shape index (κ2) is 8.20. The van der Waals surface area contributed by atoms with Crippen molar-refractivity contribution in [3.8, 4) is 0 Å². The molecule has 0 spiro atoms. The smallest absolute Gasteiger partial charge is 0.226 e. The van der Waals surface area contributed by atoms with Crippen LogP contribution in [-0.2, 0) is 20.8 Å². The van der Waals surface area contributed by atoms with E-state index in [0.717, 1.165) is 69.9 Å². The average molecular weight is 357 g/mol. The lowest BCUT2D eigenvalue weighted by Crippen LogP contribution is -2.38. The summed E-state index contributed by atoms with van der Waals surface area (Å²) in [6, 6.07) is 8.25. The highest BCUT2D eigenvalue weighted by molar-refractivity contribution is 5.94. The van der Waals surface area contributed by atoms with Crippen LogP contribution >= 0.6 is 0 Å². The zero-order valence-electron chi connectivity index (χ0n) is 15.2. The number of nitrogens with zero attached hydrogens (tertiary/aromatic N) is 2. The van der Waals surface area contributed by atoms with Gasteiger partial charge in [0.05, 0.1) is 25.7 Å². The van der Waals surface area contributed by atoms with Crippen LogP contribution in [0.3, 0.4) is 0 Å². The first-order chi connectivity index (χ1) is 12.8. The summed E-state index contributed by atoms with van der Waals surface area (Å²) in [6.07, 6.45) is 4.70. The van der Waals surface area contributed by atoms with Crippen LogP contribution in [-0.4, -0.2) is 60.9 Å². The molecule has 1 N–H and O–H groups in total. The van der Waals surface area contributed by atoms with Crippen LogP contribution in [0.15, 0.2) is 30.5 Å². The van der Waals surface area contributed by atoms with Gasteiger partial charge in [-0.2, -0.15) is 0 Å². The summed E-state index contributed by atoms with van der Waals surface area (Å²) >= 11 is 0. The molecule has 0 saturated carbocycles. The van der Waals surface area contributed by atoms with E-state index in [1.54, 1.807) is 0 Å². The summed E-state index contributed by atoms with van der Waals surface area (Å²) in [5, 5.41) is 4.16. The third-order valence-electron chi connectivity index (χ3n) is 5.25. The van der Waals surface area contributed by atoms with Crippen LogP contribution in [0.2, 0.25) is 0 Å². The number of benzene rings is 1. The molecule has 1 amide bonds. The molecule has 2 fully saturated rings. The van der Waals surface area contributed by atoms with E-state index in [-0.39, 0.29) is 12.0 Å². The molecule has 6 heteroatoms. The highest BCUT2D eigenvalue weighted by atomic mass is 16.5. The normalized spacial score (nSPS) is 21.3. The maximum Gasteiger partial charge on any atom is 0.226 e. The number of carbonyl (C=O) groups is 1. The van der Waals surface area contributed by atoms with E-state index in [4.69, 9.17) is 9.47 Å². The Bertz CT molecular complexity index is 746. The number of aromatic nitrogens is 1. The molecular weight excluding hydrogens is 330 g/mol. The molecule has 26 heavy (non-hydrogen) atoms. The first-order valence-corrected chi connectivity index (χ1v) is 9.58. The second-order valence-corrected chi connectivity index (χ2v) is 7.12. The van der Waals surface area contributed by atoms with Crippen molar-refractivity contribution in [2.75, 3.05) is 44.8 Å². The van der Waals surface area contributed by atoms with E-state index < -0.39 is 0 Å². The molecular formula is C20H27N3O3. The predicted molar refractivity (Wildman–Crippen MR) is 101 cm³/mol. The topological polar surface area (TPSA) is 55.7 Å². The molecule has 2 aromatic rings. The Hall–Kier alpha value is -1.89. The molecule has 2 aliphatic heterocycles. The molecule has 0 bridgehead atoms. The SMILES string of the molecule is O=C(C[C@@H]1CCCO1)Nc1ccc2c(ccn2CCN2CCOCC2)c1. The Morgan fingerprint density at radius 1 is 1.15 bits per heavy atom. The Morgan fingerprint density at radius 2 is 2.04 bits per heavy atom. The number of carbonyl (C=O) groups excluding carboxylic acids is 1. The van der Waals surface area contributed by atoms with Crippen LogP contribution in [0.1, 0.15) is 19.3 Å². The maximum atomic E-state index is 12.2. The lowest BCUT2D eigenvalue weighted by atomic mass is 10.1. The summed E-state index contributed by atoms with van der Waals surface area (Å²) in [4.78, 5) is 14.6. The number of anilines is 1. The Kier molecular flexibility index (Phi) is 5.53. The first kappa shape index (κ1) is 17.5. The Labute approximate surface area is 154 Å². The molecule has 4 rings (SSSR count). The molecule has 0 unspecified atom stereocenters. The van der Waals surface area contributed by atoms with Crippen molar-refractivity contribution in [2.24, 2.45) is 0 Å². The lowest BCUT2D eigenvalue weighted by molar-refractivity contribution is -0.118. The van der Waals surface area contributed by atoms with E-state index in [1.165, 1.54) is 5.52 Å². The van der Waals surface area contributed by atoms with Gasteiger partial charge >= 0.3 is 0 Å². The molecule has 140 valence electrons. The number of ether oxygens (including phenoxy) is 2. The number of amides is 1. The second-order valence-electron chi connectivity index (χ2n) is 7.12. The molecule has 1 aromatic carbocycles. The fraction of sp³-hybridized carbons (Fsp3) is 0.550. The standard InChI is InChI=1S/C20H27N3O3/c24-20(15-18-2-1-11-26-18)21-17-3-4-19-16(14-17)5-6-23(19)8-7-22-9-12-25-13-10-22/h3-6,14,18H,1-2,7-13,15H2,(H,21,24)/t18-/m0/s1. The molecule has 3 heterocycles. The first-order valence-electron chi connectivity index (χ1n) is 9.58. The minimum absolute atomic E-state index is 0.0306. The zero-order chi connectivity index (χ0) is 17.8. The van der Waals surface area contributed by atoms with E-state index in [2.05, 4.69) is 33.1 Å². The van der Waals surface area contributed by atoms with E-state index in [1.807, 2.05) is 12.1 Å². The van der Waals surface area contributed by atoms with Gasteiger partial charge in [0, 0.05) is 55.6 Å². The van der Waals surface area contributed by atoms with Crippen LogP contribution < -0.4 is 5.32 Å².